The van der Waals surface area contributed by atoms with Crippen molar-refractivity contribution in [3.8, 4) is 0 Å². The first-order valence-corrected chi connectivity index (χ1v) is 8.33. The van der Waals surface area contributed by atoms with Crippen LogP contribution in [0, 0.1) is 6.92 Å². The van der Waals surface area contributed by atoms with E-state index in [1.54, 1.807) is 17.4 Å². The highest BCUT2D eigenvalue weighted by Gasteiger charge is 2.20. The lowest BCUT2D eigenvalue weighted by atomic mass is 9.99. The smallest absolute Gasteiger partial charge is 0.0704 e. The van der Waals surface area contributed by atoms with Gasteiger partial charge in [0.05, 0.1) is 9.83 Å². The summed E-state index contributed by atoms with van der Waals surface area (Å²) >= 11 is 17.6. The average molecular weight is 379 g/mol. The maximum Gasteiger partial charge on any atom is 0.0704 e. The molecule has 0 bridgehead atoms. The second kappa shape index (κ2) is 6.59. The molecule has 0 aliphatic rings. The van der Waals surface area contributed by atoms with Crippen LogP contribution in [-0.2, 0) is 0 Å². The Labute approximate surface area is 136 Å². The molecule has 0 aliphatic heterocycles. The van der Waals surface area contributed by atoms with Crippen LogP contribution < -0.4 is 5.32 Å². The van der Waals surface area contributed by atoms with E-state index in [9.17, 15) is 0 Å². The third-order valence-electron chi connectivity index (χ3n) is 2.92. The summed E-state index contributed by atoms with van der Waals surface area (Å²) in [5.41, 5.74) is 2.31. The molecule has 1 N–H and O–H groups in total. The van der Waals surface area contributed by atoms with Gasteiger partial charge in [0.2, 0.25) is 0 Å². The van der Waals surface area contributed by atoms with Crippen LogP contribution in [-0.4, -0.2) is 6.54 Å². The van der Waals surface area contributed by atoms with Gasteiger partial charge in [-0.15, -0.1) is 11.3 Å². The van der Waals surface area contributed by atoms with Gasteiger partial charge in [-0.1, -0.05) is 36.2 Å². The Morgan fingerprint density at radius 1 is 1.26 bits per heavy atom. The standard InChI is InChI=1S/C14H14BrCl2NS/c1-3-18-14(11-7-13(15)19-8(11)2)10-5-4-9(16)6-12(10)17/h4-7,14,18H,3H2,1-2H3. The normalized spacial score (nSPS) is 12.7. The lowest BCUT2D eigenvalue weighted by Gasteiger charge is -2.20. The van der Waals surface area contributed by atoms with E-state index in [-0.39, 0.29) is 6.04 Å². The van der Waals surface area contributed by atoms with E-state index in [1.807, 2.05) is 12.1 Å². The number of halogens is 3. The minimum absolute atomic E-state index is 0.0947. The van der Waals surface area contributed by atoms with Gasteiger partial charge in [-0.2, -0.15) is 0 Å². The van der Waals surface area contributed by atoms with Gasteiger partial charge in [0.25, 0.3) is 0 Å². The van der Waals surface area contributed by atoms with E-state index in [0.717, 1.165) is 15.9 Å². The molecular formula is C14H14BrCl2NS. The summed E-state index contributed by atoms with van der Waals surface area (Å²) in [7, 11) is 0. The molecule has 1 aromatic carbocycles. The summed E-state index contributed by atoms with van der Waals surface area (Å²) in [5.74, 6) is 0. The van der Waals surface area contributed by atoms with Crippen LogP contribution in [0.4, 0.5) is 0 Å². The van der Waals surface area contributed by atoms with Gasteiger partial charge in [-0.3, -0.25) is 0 Å². The van der Waals surface area contributed by atoms with Crippen LogP contribution in [0.25, 0.3) is 0 Å². The first kappa shape index (κ1) is 15.3. The fraction of sp³-hybridized carbons (Fsp3) is 0.286. The minimum atomic E-state index is 0.0947. The third kappa shape index (κ3) is 3.53. The molecule has 1 atom stereocenters. The molecule has 0 amide bonds. The quantitative estimate of drug-likeness (QED) is 0.706. The van der Waals surface area contributed by atoms with Gasteiger partial charge in [-0.25, -0.2) is 0 Å². The van der Waals surface area contributed by atoms with E-state index in [4.69, 9.17) is 23.2 Å². The van der Waals surface area contributed by atoms with Gasteiger partial charge in [0, 0.05) is 14.9 Å². The first-order chi connectivity index (χ1) is 9.02. The van der Waals surface area contributed by atoms with Crippen molar-refractivity contribution in [3.05, 3.63) is 54.1 Å². The average Bonchev–Trinajstić information content (AvgIpc) is 2.66. The van der Waals surface area contributed by atoms with Crippen molar-refractivity contribution in [2.24, 2.45) is 0 Å². The van der Waals surface area contributed by atoms with E-state index in [0.29, 0.717) is 10.0 Å². The molecule has 0 saturated heterocycles. The molecule has 1 aromatic heterocycles. The summed E-state index contributed by atoms with van der Waals surface area (Å²) in [6, 6.07) is 7.90. The molecule has 2 aromatic rings. The predicted molar refractivity (Wildman–Crippen MR) is 88.7 cm³/mol. The molecule has 2 rings (SSSR count). The second-order valence-electron chi connectivity index (χ2n) is 4.22. The Bertz CT molecular complexity index is 583. The van der Waals surface area contributed by atoms with Crippen molar-refractivity contribution in [1.82, 2.24) is 5.32 Å². The molecule has 19 heavy (non-hydrogen) atoms. The second-order valence-corrected chi connectivity index (χ2v) is 7.70. The Morgan fingerprint density at radius 2 is 2.00 bits per heavy atom. The highest BCUT2D eigenvalue weighted by Crippen LogP contribution is 2.36. The van der Waals surface area contributed by atoms with E-state index >= 15 is 0 Å². The monoisotopic (exact) mass is 377 g/mol. The van der Waals surface area contributed by atoms with Crippen molar-refractivity contribution < 1.29 is 0 Å². The van der Waals surface area contributed by atoms with E-state index < -0.39 is 0 Å². The number of rotatable bonds is 4. The topological polar surface area (TPSA) is 12.0 Å². The number of nitrogens with one attached hydrogen (secondary N) is 1. The van der Waals surface area contributed by atoms with Crippen molar-refractivity contribution in [2.75, 3.05) is 6.54 Å². The zero-order valence-corrected chi connectivity index (χ0v) is 14.6. The zero-order chi connectivity index (χ0) is 14.0. The van der Waals surface area contributed by atoms with E-state index in [1.165, 1.54) is 10.4 Å². The Morgan fingerprint density at radius 3 is 2.53 bits per heavy atom. The highest BCUT2D eigenvalue weighted by atomic mass is 79.9. The molecule has 0 aliphatic carbocycles. The van der Waals surface area contributed by atoms with Gasteiger partial charge in [0.1, 0.15) is 0 Å². The number of benzene rings is 1. The van der Waals surface area contributed by atoms with Gasteiger partial charge in [-0.05, 0) is 58.7 Å². The highest BCUT2D eigenvalue weighted by molar-refractivity contribution is 9.11. The number of hydrogen-bond acceptors (Lipinski definition) is 2. The summed E-state index contributed by atoms with van der Waals surface area (Å²) in [6.45, 7) is 5.09. The molecule has 1 unspecified atom stereocenters. The van der Waals surface area contributed by atoms with Crippen LogP contribution in [0.15, 0.2) is 28.1 Å². The SMILES string of the molecule is CCNC(c1ccc(Cl)cc1Cl)c1cc(Br)sc1C. The molecule has 0 radical (unpaired) electrons. The molecular weight excluding hydrogens is 365 g/mol. The van der Waals surface area contributed by atoms with Crippen LogP contribution in [0.3, 0.4) is 0 Å². The van der Waals surface area contributed by atoms with Gasteiger partial charge < -0.3 is 5.32 Å². The number of thiophene rings is 1. The largest absolute Gasteiger partial charge is 0.306 e. The molecule has 1 nitrogen and oxygen atoms in total. The molecule has 0 fully saturated rings. The van der Waals surface area contributed by atoms with Crippen molar-refractivity contribution in [2.45, 2.75) is 19.9 Å². The maximum atomic E-state index is 6.34. The summed E-state index contributed by atoms with van der Waals surface area (Å²) < 4.78 is 1.13. The summed E-state index contributed by atoms with van der Waals surface area (Å²) in [5, 5.41) is 4.84. The van der Waals surface area contributed by atoms with Crippen LogP contribution >= 0.6 is 50.5 Å². The Hall–Kier alpha value is -0.0600. The number of aryl methyl sites for hydroxylation is 1. The van der Waals surface area contributed by atoms with Crippen molar-refractivity contribution >= 4 is 50.5 Å². The third-order valence-corrected chi connectivity index (χ3v) is 5.05. The predicted octanol–water partition coefficient (Wildman–Crippen LogP) is 5.82. The fourth-order valence-corrected chi connectivity index (χ4v) is 4.34. The Kier molecular flexibility index (Phi) is 5.32. The summed E-state index contributed by atoms with van der Waals surface area (Å²) in [6.07, 6.45) is 0. The zero-order valence-electron chi connectivity index (χ0n) is 10.6. The van der Waals surface area contributed by atoms with Crippen LogP contribution in [0.1, 0.15) is 29.0 Å². The maximum absolute atomic E-state index is 6.34. The van der Waals surface area contributed by atoms with E-state index in [2.05, 4.69) is 41.2 Å². The number of hydrogen-bond donors (Lipinski definition) is 1. The van der Waals surface area contributed by atoms with Crippen molar-refractivity contribution in [1.29, 1.82) is 0 Å². The minimum Gasteiger partial charge on any atom is -0.306 e. The lowest BCUT2D eigenvalue weighted by Crippen LogP contribution is -2.22. The van der Waals surface area contributed by atoms with Crippen LogP contribution in [0.2, 0.25) is 10.0 Å². The molecule has 1 heterocycles. The molecule has 0 spiro atoms. The molecule has 5 heteroatoms. The first-order valence-electron chi connectivity index (χ1n) is 5.97. The summed E-state index contributed by atoms with van der Waals surface area (Å²) in [4.78, 5) is 1.28. The Balaban J connectivity index is 2.48. The molecule has 0 saturated carbocycles. The lowest BCUT2D eigenvalue weighted by molar-refractivity contribution is 0.630. The van der Waals surface area contributed by atoms with Crippen molar-refractivity contribution in [3.63, 3.8) is 0 Å². The molecule has 102 valence electrons. The fourth-order valence-electron chi connectivity index (χ4n) is 2.07. The van der Waals surface area contributed by atoms with Gasteiger partial charge in [0.15, 0.2) is 0 Å². The van der Waals surface area contributed by atoms with Crippen LogP contribution in [0.5, 0.6) is 0 Å². The van der Waals surface area contributed by atoms with Gasteiger partial charge >= 0.3 is 0 Å².